The number of nitrogens with zero attached hydrogens (tertiary/aromatic N) is 3. The van der Waals surface area contributed by atoms with Crippen molar-refractivity contribution in [2.75, 3.05) is 13.2 Å². The molecule has 2 aliphatic rings. The molecule has 6 heteroatoms. The number of rotatable bonds is 0. The minimum absolute atomic E-state index is 0.0141. The van der Waals surface area contributed by atoms with Gasteiger partial charge in [-0.1, -0.05) is 12.0 Å². The van der Waals surface area contributed by atoms with Gasteiger partial charge in [0, 0.05) is 37.6 Å². The molecule has 0 radical (unpaired) electrons. The predicted molar refractivity (Wildman–Crippen MR) is 109 cm³/mol. The van der Waals surface area contributed by atoms with E-state index in [0.29, 0.717) is 55.6 Å². The quantitative estimate of drug-likeness (QED) is 0.555. The van der Waals surface area contributed by atoms with Gasteiger partial charge in [0.15, 0.2) is 5.79 Å². The highest BCUT2D eigenvalue weighted by atomic mass is 16.7. The van der Waals surface area contributed by atoms with Gasteiger partial charge < -0.3 is 9.47 Å². The van der Waals surface area contributed by atoms with Gasteiger partial charge in [0.1, 0.15) is 11.5 Å². The van der Waals surface area contributed by atoms with Crippen molar-refractivity contribution in [2.24, 2.45) is 0 Å². The lowest BCUT2D eigenvalue weighted by molar-refractivity contribution is -0.165. The monoisotopic (exact) mass is 387 g/mol. The van der Waals surface area contributed by atoms with Gasteiger partial charge in [-0.3, -0.25) is 9.36 Å². The van der Waals surface area contributed by atoms with Crippen molar-refractivity contribution < 1.29 is 9.47 Å². The summed E-state index contributed by atoms with van der Waals surface area (Å²) in [7, 11) is 0. The van der Waals surface area contributed by atoms with E-state index in [-0.39, 0.29) is 5.56 Å². The standard InChI is InChI=1S/C23H21N3O3/c1-16-2-5-18(24-15-16)6-3-17-4-7-19-20(14-17)25-21-8-9-23(28-12-13-29-23)10-11-26(21)22(19)27/h2,4-5,7,14-15H,8-13H2,1H3. The molecule has 0 atom stereocenters. The molecule has 0 amide bonds. The largest absolute Gasteiger partial charge is 0.347 e. The molecule has 146 valence electrons. The fraction of sp³-hybridized carbons (Fsp3) is 0.348. The molecule has 0 unspecified atom stereocenters. The first-order valence-electron chi connectivity index (χ1n) is 9.88. The molecule has 5 rings (SSSR count). The average molecular weight is 387 g/mol. The molecule has 2 aliphatic heterocycles. The lowest BCUT2D eigenvalue weighted by Gasteiger charge is -2.24. The summed E-state index contributed by atoms with van der Waals surface area (Å²) in [5, 5.41) is 0.608. The van der Waals surface area contributed by atoms with E-state index in [9.17, 15) is 4.79 Å². The minimum atomic E-state index is -0.565. The van der Waals surface area contributed by atoms with Gasteiger partial charge in [-0.15, -0.1) is 0 Å². The van der Waals surface area contributed by atoms with Gasteiger partial charge >= 0.3 is 0 Å². The molecule has 2 aromatic heterocycles. The fourth-order valence-electron chi connectivity index (χ4n) is 3.94. The van der Waals surface area contributed by atoms with Crippen molar-refractivity contribution in [1.29, 1.82) is 0 Å². The molecule has 1 spiro atoms. The molecule has 1 saturated heterocycles. The Morgan fingerprint density at radius 3 is 2.76 bits per heavy atom. The van der Waals surface area contributed by atoms with Crippen molar-refractivity contribution in [3.63, 3.8) is 0 Å². The third-order valence-electron chi connectivity index (χ3n) is 5.54. The number of fused-ring (bicyclic) bond motifs is 2. The Morgan fingerprint density at radius 2 is 1.97 bits per heavy atom. The Bertz CT molecular complexity index is 1200. The number of benzene rings is 1. The molecule has 3 aromatic rings. The first-order chi connectivity index (χ1) is 14.1. The van der Waals surface area contributed by atoms with Gasteiger partial charge in [0.2, 0.25) is 0 Å². The van der Waals surface area contributed by atoms with E-state index in [1.807, 2.05) is 37.3 Å². The van der Waals surface area contributed by atoms with E-state index >= 15 is 0 Å². The second kappa shape index (κ2) is 7.11. The molecule has 4 heterocycles. The molecule has 29 heavy (non-hydrogen) atoms. The summed E-state index contributed by atoms with van der Waals surface area (Å²) in [6, 6.07) is 9.44. The number of aryl methyl sites for hydroxylation is 2. The van der Waals surface area contributed by atoms with Gasteiger partial charge in [0.05, 0.1) is 24.1 Å². The van der Waals surface area contributed by atoms with Gasteiger partial charge in [-0.05, 0) is 42.7 Å². The summed E-state index contributed by atoms with van der Waals surface area (Å²) >= 11 is 0. The molecule has 6 nitrogen and oxygen atoms in total. The summed E-state index contributed by atoms with van der Waals surface area (Å²) in [6.07, 6.45) is 3.82. The summed E-state index contributed by atoms with van der Waals surface area (Å²) < 4.78 is 13.4. The Kier molecular flexibility index (Phi) is 4.42. The molecular formula is C23H21N3O3. The second-order valence-corrected chi connectivity index (χ2v) is 7.55. The van der Waals surface area contributed by atoms with Crippen LogP contribution in [0.2, 0.25) is 0 Å². The normalized spacial score (nSPS) is 17.6. The smallest absolute Gasteiger partial charge is 0.261 e. The van der Waals surface area contributed by atoms with Crippen LogP contribution in [-0.4, -0.2) is 33.5 Å². The molecule has 0 aliphatic carbocycles. The first-order valence-corrected chi connectivity index (χ1v) is 9.88. The van der Waals surface area contributed by atoms with E-state index in [1.54, 1.807) is 10.8 Å². The zero-order valence-corrected chi connectivity index (χ0v) is 16.3. The first kappa shape index (κ1) is 18.0. The van der Waals surface area contributed by atoms with Crippen LogP contribution >= 0.6 is 0 Å². The van der Waals surface area contributed by atoms with Gasteiger partial charge in [-0.2, -0.15) is 0 Å². The SMILES string of the molecule is Cc1ccc(C#Cc2ccc3c(=O)n4c(nc3c2)CCC2(CC4)OCCO2)nc1. The third kappa shape index (κ3) is 3.44. The maximum absolute atomic E-state index is 13.0. The Balaban J connectivity index is 1.50. The van der Waals surface area contributed by atoms with Gasteiger partial charge in [0.25, 0.3) is 5.56 Å². The van der Waals surface area contributed by atoms with Crippen LogP contribution < -0.4 is 5.56 Å². The maximum Gasteiger partial charge on any atom is 0.261 e. The highest BCUT2D eigenvalue weighted by Crippen LogP contribution is 2.31. The van der Waals surface area contributed by atoms with E-state index in [0.717, 1.165) is 17.0 Å². The van der Waals surface area contributed by atoms with E-state index < -0.39 is 5.79 Å². The predicted octanol–water partition coefficient (Wildman–Crippen LogP) is 2.58. The minimum Gasteiger partial charge on any atom is -0.347 e. The zero-order chi connectivity index (χ0) is 19.8. The lowest BCUT2D eigenvalue weighted by Crippen LogP contribution is -2.31. The molecule has 0 N–H and O–H groups in total. The van der Waals surface area contributed by atoms with Crippen molar-refractivity contribution in [3.8, 4) is 11.8 Å². The van der Waals surface area contributed by atoms with Crippen LogP contribution in [0.15, 0.2) is 41.3 Å². The van der Waals surface area contributed by atoms with E-state index in [1.165, 1.54) is 0 Å². The van der Waals surface area contributed by atoms with Crippen LogP contribution in [0.1, 0.15) is 35.5 Å². The lowest BCUT2D eigenvalue weighted by atomic mass is 10.1. The number of ether oxygens (including phenoxy) is 2. The van der Waals surface area contributed by atoms with Crippen LogP contribution in [0, 0.1) is 18.8 Å². The Morgan fingerprint density at radius 1 is 1.10 bits per heavy atom. The maximum atomic E-state index is 13.0. The van der Waals surface area contributed by atoms with Crippen LogP contribution in [-0.2, 0) is 22.4 Å². The molecule has 0 bridgehead atoms. The summed E-state index contributed by atoms with van der Waals surface area (Å²) in [6.45, 7) is 3.77. The Labute approximate surface area is 168 Å². The van der Waals surface area contributed by atoms with Crippen molar-refractivity contribution in [3.05, 3.63) is 69.5 Å². The third-order valence-corrected chi connectivity index (χ3v) is 5.54. The zero-order valence-electron chi connectivity index (χ0n) is 16.3. The topological polar surface area (TPSA) is 66.2 Å². The number of hydrogen-bond acceptors (Lipinski definition) is 5. The molecular weight excluding hydrogens is 366 g/mol. The summed E-state index contributed by atoms with van der Waals surface area (Å²) in [5.41, 5.74) is 3.28. The molecule has 1 aromatic carbocycles. The number of aromatic nitrogens is 3. The van der Waals surface area contributed by atoms with Crippen LogP contribution in [0.4, 0.5) is 0 Å². The van der Waals surface area contributed by atoms with Gasteiger partial charge in [-0.25, -0.2) is 9.97 Å². The van der Waals surface area contributed by atoms with E-state index in [2.05, 4.69) is 16.8 Å². The average Bonchev–Trinajstić information content (AvgIpc) is 3.12. The van der Waals surface area contributed by atoms with Crippen LogP contribution in [0.5, 0.6) is 0 Å². The van der Waals surface area contributed by atoms with Crippen LogP contribution in [0.25, 0.3) is 10.9 Å². The second-order valence-electron chi connectivity index (χ2n) is 7.55. The van der Waals surface area contributed by atoms with Crippen LogP contribution in [0.3, 0.4) is 0 Å². The molecule has 1 fully saturated rings. The van der Waals surface area contributed by atoms with E-state index in [4.69, 9.17) is 14.5 Å². The number of hydrogen-bond donors (Lipinski definition) is 0. The fourth-order valence-corrected chi connectivity index (χ4v) is 3.94. The number of pyridine rings is 1. The summed E-state index contributed by atoms with van der Waals surface area (Å²) in [4.78, 5) is 22.1. The Hall–Kier alpha value is -3.01. The highest BCUT2D eigenvalue weighted by molar-refractivity contribution is 5.79. The van der Waals surface area contributed by atoms with Crippen molar-refractivity contribution >= 4 is 10.9 Å². The summed E-state index contributed by atoms with van der Waals surface area (Å²) in [5.74, 6) is 6.41. The van der Waals surface area contributed by atoms with Crippen molar-refractivity contribution in [2.45, 2.75) is 38.5 Å². The van der Waals surface area contributed by atoms with Crippen molar-refractivity contribution in [1.82, 2.24) is 14.5 Å². The molecule has 0 saturated carbocycles. The highest BCUT2D eigenvalue weighted by Gasteiger charge is 2.38.